The second-order valence-corrected chi connectivity index (χ2v) is 14.2. The Morgan fingerprint density at radius 1 is 0.935 bits per heavy atom. The molecule has 1 saturated heterocycles. The van der Waals surface area contributed by atoms with E-state index in [-0.39, 0.29) is 23.3 Å². The molecule has 1 aliphatic heterocycles. The SMILES string of the molecule is CC[Si](CC)(CC)O[C@@H]1C(=O)N(C(=O)c2ccc(C(C)(C)C)cc2)[C@@H]1c1ccccc1. The minimum atomic E-state index is -2.00. The maximum atomic E-state index is 13.4. The van der Waals surface area contributed by atoms with E-state index in [2.05, 4.69) is 41.5 Å². The number of benzene rings is 2. The van der Waals surface area contributed by atoms with E-state index in [0.717, 1.165) is 29.3 Å². The van der Waals surface area contributed by atoms with Crippen LogP contribution in [0.25, 0.3) is 0 Å². The fourth-order valence-corrected chi connectivity index (χ4v) is 7.07. The van der Waals surface area contributed by atoms with Crippen LogP contribution < -0.4 is 0 Å². The quantitative estimate of drug-likeness (QED) is 0.299. The molecule has 2 atom stereocenters. The molecule has 0 saturated carbocycles. The molecule has 0 aliphatic carbocycles. The Morgan fingerprint density at radius 3 is 1.97 bits per heavy atom. The van der Waals surface area contributed by atoms with Gasteiger partial charge in [0.15, 0.2) is 14.4 Å². The lowest BCUT2D eigenvalue weighted by Crippen LogP contribution is -2.64. The van der Waals surface area contributed by atoms with Crippen molar-refractivity contribution in [3.05, 3.63) is 71.3 Å². The number of nitrogens with zero attached hydrogens (tertiary/aromatic N) is 1. The van der Waals surface area contributed by atoms with E-state index in [1.54, 1.807) is 0 Å². The van der Waals surface area contributed by atoms with Crippen molar-refractivity contribution < 1.29 is 14.0 Å². The summed E-state index contributed by atoms with van der Waals surface area (Å²) in [4.78, 5) is 28.0. The zero-order valence-electron chi connectivity index (χ0n) is 19.6. The third-order valence-electron chi connectivity index (χ3n) is 6.71. The lowest BCUT2D eigenvalue weighted by molar-refractivity contribution is -0.158. The van der Waals surface area contributed by atoms with Crippen molar-refractivity contribution in [2.75, 3.05) is 0 Å². The van der Waals surface area contributed by atoms with Gasteiger partial charge in [-0.1, -0.05) is 84.0 Å². The fourth-order valence-electron chi connectivity index (χ4n) is 4.30. The molecule has 1 heterocycles. The van der Waals surface area contributed by atoms with Gasteiger partial charge in [-0.25, -0.2) is 0 Å². The molecule has 2 aromatic rings. The van der Waals surface area contributed by atoms with Crippen molar-refractivity contribution in [2.24, 2.45) is 0 Å². The summed E-state index contributed by atoms with van der Waals surface area (Å²) >= 11 is 0. The molecule has 4 nitrogen and oxygen atoms in total. The maximum Gasteiger partial charge on any atom is 0.261 e. The number of imide groups is 1. The standard InChI is InChI=1S/C26H35NO3Si/c1-7-31(8-2,9-3)30-23-22(19-13-11-10-12-14-19)27(25(23)29)24(28)20-15-17-21(18-16-20)26(4,5)6/h10-18,22-23H,7-9H2,1-6H3/t22-,23+/m1/s1. The topological polar surface area (TPSA) is 46.6 Å². The van der Waals surface area contributed by atoms with Gasteiger partial charge in [-0.2, -0.15) is 0 Å². The summed E-state index contributed by atoms with van der Waals surface area (Å²) in [6, 6.07) is 19.9. The minimum Gasteiger partial charge on any atom is -0.403 e. The summed E-state index contributed by atoms with van der Waals surface area (Å²) in [5.41, 5.74) is 2.64. The molecular weight excluding hydrogens is 402 g/mol. The van der Waals surface area contributed by atoms with E-state index in [1.807, 2.05) is 54.6 Å². The highest BCUT2D eigenvalue weighted by Gasteiger charge is 2.54. The van der Waals surface area contributed by atoms with Gasteiger partial charge in [0, 0.05) is 5.56 Å². The van der Waals surface area contributed by atoms with Gasteiger partial charge in [-0.3, -0.25) is 14.5 Å². The summed E-state index contributed by atoms with van der Waals surface area (Å²) in [7, 11) is -2.00. The highest BCUT2D eigenvalue weighted by Crippen LogP contribution is 2.41. The fraction of sp³-hybridized carbons (Fsp3) is 0.462. The number of amides is 2. The molecular formula is C26H35NO3Si. The molecule has 0 unspecified atom stereocenters. The smallest absolute Gasteiger partial charge is 0.261 e. The molecule has 31 heavy (non-hydrogen) atoms. The van der Waals surface area contributed by atoms with Crippen LogP contribution in [-0.2, 0) is 14.6 Å². The van der Waals surface area contributed by atoms with Gasteiger partial charge in [0.1, 0.15) is 0 Å². The molecule has 3 rings (SSSR count). The monoisotopic (exact) mass is 437 g/mol. The summed E-state index contributed by atoms with van der Waals surface area (Å²) in [5, 5.41) is 0. The zero-order chi connectivity index (χ0) is 22.8. The van der Waals surface area contributed by atoms with E-state index in [4.69, 9.17) is 4.43 Å². The van der Waals surface area contributed by atoms with E-state index in [0.29, 0.717) is 5.56 Å². The number of β-lactam (4-membered cyclic amide) rings is 1. The molecule has 1 aliphatic rings. The summed E-state index contributed by atoms with van der Waals surface area (Å²) in [6.45, 7) is 12.9. The normalized spacial score (nSPS) is 19.3. The molecule has 1 fully saturated rings. The Balaban J connectivity index is 1.92. The number of carbonyl (C=O) groups is 2. The van der Waals surface area contributed by atoms with Crippen molar-refractivity contribution in [2.45, 2.75) is 77.2 Å². The van der Waals surface area contributed by atoms with Gasteiger partial charge >= 0.3 is 0 Å². The molecule has 5 heteroatoms. The Kier molecular flexibility index (Phi) is 6.87. The first-order valence-electron chi connectivity index (χ1n) is 11.4. The number of hydrogen-bond donors (Lipinski definition) is 0. The van der Waals surface area contributed by atoms with Gasteiger partial charge in [0.05, 0.1) is 6.04 Å². The van der Waals surface area contributed by atoms with Crippen LogP contribution in [0.1, 0.15) is 69.1 Å². The number of rotatable bonds is 7. The molecule has 0 aromatic heterocycles. The van der Waals surface area contributed by atoms with E-state index in [9.17, 15) is 9.59 Å². The van der Waals surface area contributed by atoms with Crippen molar-refractivity contribution in [3.63, 3.8) is 0 Å². The average molecular weight is 438 g/mol. The Hall–Kier alpha value is -2.24. The largest absolute Gasteiger partial charge is 0.403 e. The predicted octanol–water partition coefficient (Wildman–Crippen LogP) is 6.10. The van der Waals surface area contributed by atoms with E-state index < -0.39 is 14.4 Å². The third-order valence-corrected chi connectivity index (χ3v) is 11.3. The maximum absolute atomic E-state index is 13.4. The Bertz CT molecular complexity index is 906. The summed E-state index contributed by atoms with van der Waals surface area (Å²) < 4.78 is 6.58. The Labute approximate surface area is 187 Å². The van der Waals surface area contributed by atoms with Crippen molar-refractivity contribution in [1.82, 2.24) is 4.90 Å². The Morgan fingerprint density at radius 2 is 1.48 bits per heavy atom. The second kappa shape index (κ2) is 9.09. The molecule has 2 aromatic carbocycles. The van der Waals surface area contributed by atoms with Crippen LogP contribution in [-0.4, -0.2) is 31.1 Å². The van der Waals surface area contributed by atoms with Crippen molar-refractivity contribution >= 4 is 20.1 Å². The van der Waals surface area contributed by atoms with E-state index >= 15 is 0 Å². The molecule has 0 bridgehead atoms. The molecule has 0 spiro atoms. The lowest BCUT2D eigenvalue weighted by Gasteiger charge is -2.48. The number of likely N-dealkylation sites (tertiary alicyclic amines) is 1. The number of carbonyl (C=O) groups excluding carboxylic acids is 2. The van der Waals surface area contributed by atoms with E-state index in [1.165, 1.54) is 4.90 Å². The minimum absolute atomic E-state index is 0.00801. The first kappa shape index (κ1) is 23.4. The van der Waals surface area contributed by atoms with Crippen LogP contribution in [0.2, 0.25) is 18.1 Å². The van der Waals surface area contributed by atoms with Crippen LogP contribution in [0, 0.1) is 0 Å². The van der Waals surface area contributed by atoms with Crippen LogP contribution >= 0.6 is 0 Å². The molecule has 166 valence electrons. The number of hydrogen-bond acceptors (Lipinski definition) is 3. The zero-order valence-corrected chi connectivity index (χ0v) is 20.6. The van der Waals surface area contributed by atoms with Crippen molar-refractivity contribution in [1.29, 1.82) is 0 Å². The first-order chi connectivity index (χ1) is 14.7. The van der Waals surface area contributed by atoms with Crippen LogP contribution in [0.5, 0.6) is 0 Å². The van der Waals surface area contributed by atoms with Crippen LogP contribution in [0.4, 0.5) is 0 Å². The first-order valence-corrected chi connectivity index (χ1v) is 13.9. The van der Waals surface area contributed by atoms with Gasteiger partial charge in [-0.15, -0.1) is 0 Å². The molecule has 0 radical (unpaired) electrons. The predicted molar refractivity (Wildman–Crippen MR) is 128 cm³/mol. The van der Waals surface area contributed by atoms with Crippen molar-refractivity contribution in [3.8, 4) is 0 Å². The van der Waals surface area contributed by atoms with Gasteiger partial charge in [-0.05, 0) is 46.8 Å². The average Bonchev–Trinajstić information content (AvgIpc) is 2.78. The van der Waals surface area contributed by atoms with Gasteiger partial charge in [0.25, 0.3) is 11.8 Å². The highest BCUT2D eigenvalue weighted by molar-refractivity contribution is 6.73. The van der Waals surface area contributed by atoms with Crippen LogP contribution in [0.3, 0.4) is 0 Å². The van der Waals surface area contributed by atoms with Gasteiger partial charge < -0.3 is 4.43 Å². The summed E-state index contributed by atoms with van der Waals surface area (Å²) in [5.74, 6) is -0.470. The highest BCUT2D eigenvalue weighted by atomic mass is 28.4. The van der Waals surface area contributed by atoms with Crippen LogP contribution in [0.15, 0.2) is 54.6 Å². The lowest BCUT2D eigenvalue weighted by atomic mass is 9.86. The summed E-state index contributed by atoms with van der Waals surface area (Å²) in [6.07, 6.45) is -0.577. The third kappa shape index (κ3) is 4.53. The second-order valence-electron chi connectivity index (χ2n) is 9.48. The molecule has 0 N–H and O–H groups in total. The van der Waals surface area contributed by atoms with Gasteiger partial charge in [0.2, 0.25) is 0 Å². The molecule has 2 amide bonds.